The van der Waals surface area contributed by atoms with Gasteiger partial charge < -0.3 is 11.5 Å². The van der Waals surface area contributed by atoms with Gasteiger partial charge in [0.25, 0.3) is 0 Å². The second kappa shape index (κ2) is 7.08. The fourth-order valence-electron chi connectivity index (χ4n) is 1.45. The molecular weight excluding hydrogens is 341 g/mol. The molecule has 10 heteroatoms. The van der Waals surface area contributed by atoms with Gasteiger partial charge in [0.2, 0.25) is 21.8 Å². The molecule has 21 heavy (non-hydrogen) atoms. The molecule has 0 saturated heterocycles. The molecule has 0 saturated carbocycles. The third kappa shape index (κ3) is 5.16. The lowest BCUT2D eigenvalue weighted by Gasteiger charge is -2.15. The molecule has 0 heterocycles. The first-order valence-corrected chi connectivity index (χ1v) is 7.92. The lowest BCUT2D eigenvalue weighted by atomic mass is 10.1. The highest BCUT2D eigenvalue weighted by Crippen LogP contribution is 2.24. The fraction of sp³-hybridized carbons (Fsp3) is 0.273. The van der Waals surface area contributed by atoms with Gasteiger partial charge in [-0.2, -0.15) is 4.72 Å². The molecule has 5 N–H and O–H groups in total. The number of sulfonamides is 1. The minimum absolute atomic E-state index is 0.0484. The van der Waals surface area contributed by atoms with Crippen molar-refractivity contribution in [3.05, 3.63) is 28.2 Å². The Bertz CT molecular complexity index is 663. The van der Waals surface area contributed by atoms with Crippen LogP contribution in [0.3, 0.4) is 0 Å². The minimum atomic E-state index is -4.04. The van der Waals surface area contributed by atoms with Crippen molar-refractivity contribution >= 4 is 45.0 Å². The lowest BCUT2D eigenvalue weighted by Crippen LogP contribution is -2.44. The molecule has 116 valence electrons. The van der Waals surface area contributed by atoms with Crippen LogP contribution in [0.2, 0.25) is 10.0 Å². The molecule has 0 radical (unpaired) electrons. The number of carbonyl (C=O) groups is 2. The van der Waals surface area contributed by atoms with E-state index in [1.165, 1.54) is 12.1 Å². The van der Waals surface area contributed by atoms with Gasteiger partial charge in [-0.15, -0.1) is 0 Å². The Hall–Kier alpha value is -1.35. The van der Waals surface area contributed by atoms with Gasteiger partial charge in [-0.3, -0.25) is 9.59 Å². The monoisotopic (exact) mass is 353 g/mol. The molecule has 0 fully saturated rings. The summed E-state index contributed by atoms with van der Waals surface area (Å²) < 4.78 is 26.3. The molecule has 1 aromatic carbocycles. The van der Waals surface area contributed by atoms with Crippen molar-refractivity contribution in [3.63, 3.8) is 0 Å². The fourth-order valence-corrected chi connectivity index (χ4v) is 3.07. The van der Waals surface area contributed by atoms with Gasteiger partial charge in [-0.05, 0) is 24.6 Å². The van der Waals surface area contributed by atoms with E-state index in [9.17, 15) is 18.0 Å². The van der Waals surface area contributed by atoms with E-state index in [-0.39, 0.29) is 27.8 Å². The van der Waals surface area contributed by atoms with E-state index >= 15 is 0 Å². The third-order valence-corrected chi connectivity index (χ3v) is 4.73. The largest absolute Gasteiger partial charge is 0.370 e. The second-order valence-corrected chi connectivity index (χ2v) is 6.69. The smallest absolute Gasteiger partial charge is 0.241 e. The molecule has 0 aliphatic rings. The Balaban J connectivity index is 2.97. The van der Waals surface area contributed by atoms with Gasteiger partial charge in [0.15, 0.2) is 0 Å². The van der Waals surface area contributed by atoms with Crippen molar-refractivity contribution in [2.75, 3.05) is 0 Å². The van der Waals surface area contributed by atoms with Crippen LogP contribution in [0.25, 0.3) is 0 Å². The van der Waals surface area contributed by atoms with E-state index in [1.54, 1.807) is 0 Å². The predicted molar refractivity (Wildman–Crippen MR) is 78.2 cm³/mol. The SMILES string of the molecule is NC(=O)CC[C@H](NS(=O)(=O)c1ccc(Cl)c(Cl)c1)C(N)=O. The Kier molecular flexibility index (Phi) is 5.97. The number of hydrogen-bond donors (Lipinski definition) is 3. The van der Waals surface area contributed by atoms with Gasteiger partial charge in [0.05, 0.1) is 14.9 Å². The summed E-state index contributed by atoms with van der Waals surface area (Å²) in [4.78, 5) is 21.8. The highest BCUT2D eigenvalue weighted by Gasteiger charge is 2.24. The molecule has 2 amide bonds. The topological polar surface area (TPSA) is 132 Å². The van der Waals surface area contributed by atoms with E-state index < -0.39 is 27.9 Å². The van der Waals surface area contributed by atoms with Crippen LogP contribution < -0.4 is 16.2 Å². The molecule has 0 aliphatic carbocycles. The Labute approximate surface area is 131 Å². The Morgan fingerprint density at radius 2 is 1.81 bits per heavy atom. The van der Waals surface area contributed by atoms with Crippen LogP contribution in [0.1, 0.15) is 12.8 Å². The summed E-state index contributed by atoms with van der Waals surface area (Å²) in [5.41, 5.74) is 10.0. The molecule has 0 bridgehead atoms. The van der Waals surface area contributed by atoms with Crippen molar-refractivity contribution in [3.8, 4) is 0 Å². The van der Waals surface area contributed by atoms with Crippen molar-refractivity contribution in [2.24, 2.45) is 11.5 Å². The number of benzene rings is 1. The van der Waals surface area contributed by atoms with Crippen LogP contribution in [0.5, 0.6) is 0 Å². The first-order chi connectivity index (χ1) is 9.63. The number of nitrogens with one attached hydrogen (secondary N) is 1. The van der Waals surface area contributed by atoms with Crippen molar-refractivity contribution in [1.29, 1.82) is 0 Å². The second-order valence-electron chi connectivity index (χ2n) is 4.16. The zero-order chi connectivity index (χ0) is 16.2. The standard InChI is InChI=1S/C11H13Cl2N3O4S/c12-7-2-1-6(5-8(7)13)21(19,20)16-9(11(15)18)3-4-10(14)17/h1-2,5,9,16H,3-4H2,(H2,14,17)(H2,15,18)/t9-/m0/s1. The van der Waals surface area contributed by atoms with Crippen LogP contribution in [-0.4, -0.2) is 26.3 Å². The minimum Gasteiger partial charge on any atom is -0.370 e. The van der Waals surface area contributed by atoms with Gasteiger partial charge in [-0.25, -0.2) is 8.42 Å². The number of carbonyl (C=O) groups excluding carboxylic acids is 2. The molecule has 1 atom stereocenters. The average molecular weight is 354 g/mol. The van der Waals surface area contributed by atoms with Gasteiger partial charge in [0, 0.05) is 6.42 Å². The lowest BCUT2D eigenvalue weighted by molar-refractivity contribution is -0.120. The summed E-state index contributed by atoms with van der Waals surface area (Å²) in [5.74, 6) is -1.59. The summed E-state index contributed by atoms with van der Waals surface area (Å²) in [5, 5.41) is 0.239. The van der Waals surface area contributed by atoms with E-state index in [0.717, 1.165) is 6.07 Å². The highest BCUT2D eigenvalue weighted by atomic mass is 35.5. The highest BCUT2D eigenvalue weighted by molar-refractivity contribution is 7.89. The summed E-state index contributed by atoms with van der Waals surface area (Å²) in [6, 6.07) is 2.42. The molecule has 0 unspecified atom stereocenters. The van der Waals surface area contributed by atoms with E-state index in [4.69, 9.17) is 34.7 Å². The summed E-state index contributed by atoms with van der Waals surface area (Å²) in [7, 11) is -4.04. The molecule has 1 aromatic rings. The number of hydrogen-bond acceptors (Lipinski definition) is 4. The quantitative estimate of drug-likeness (QED) is 0.653. The van der Waals surface area contributed by atoms with E-state index in [2.05, 4.69) is 4.72 Å². The molecular formula is C11H13Cl2N3O4S. The zero-order valence-corrected chi connectivity index (χ0v) is 13.0. The number of primary amides is 2. The Morgan fingerprint density at radius 3 is 2.29 bits per heavy atom. The first kappa shape index (κ1) is 17.7. The third-order valence-electron chi connectivity index (χ3n) is 2.52. The van der Waals surface area contributed by atoms with Crippen molar-refractivity contribution in [2.45, 2.75) is 23.8 Å². The van der Waals surface area contributed by atoms with Gasteiger partial charge in [-0.1, -0.05) is 23.2 Å². The molecule has 0 spiro atoms. The molecule has 1 rings (SSSR count). The van der Waals surface area contributed by atoms with Crippen LogP contribution in [-0.2, 0) is 19.6 Å². The summed E-state index contributed by atoms with van der Waals surface area (Å²) >= 11 is 11.4. The first-order valence-electron chi connectivity index (χ1n) is 5.68. The normalized spacial score (nSPS) is 12.9. The average Bonchev–Trinajstić information content (AvgIpc) is 2.37. The molecule has 0 aromatic heterocycles. The number of halogens is 2. The number of rotatable bonds is 7. The maximum absolute atomic E-state index is 12.1. The molecule has 0 aliphatic heterocycles. The van der Waals surface area contributed by atoms with Gasteiger partial charge >= 0.3 is 0 Å². The summed E-state index contributed by atoms with van der Waals surface area (Å²) in [6.45, 7) is 0. The Morgan fingerprint density at radius 1 is 1.19 bits per heavy atom. The van der Waals surface area contributed by atoms with Crippen LogP contribution in [0.15, 0.2) is 23.1 Å². The number of amides is 2. The van der Waals surface area contributed by atoms with Crippen LogP contribution in [0, 0.1) is 0 Å². The molecule has 7 nitrogen and oxygen atoms in total. The van der Waals surface area contributed by atoms with Crippen LogP contribution in [0.4, 0.5) is 0 Å². The number of nitrogens with two attached hydrogens (primary N) is 2. The van der Waals surface area contributed by atoms with Crippen molar-refractivity contribution in [1.82, 2.24) is 4.72 Å². The summed E-state index contributed by atoms with van der Waals surface area (Å²) in [6.07, 6.45) is -0.317. The maximum Gasteiger partial charge on any atom is 0.241 e. The van der Waals surface area contributed by atoms with E-state index in [1.807, 2.05) is 0 Å². The zero-order valence-electron chi connectivity index (χ0n) is 10.7. The van der Waals surface area contributed by atoms with E-state index in [0.29, 0.717) is 0 Å². The maximum atomic E-state index is 12.1. The van der Waals surface area contributed by atoms with Crippen molar-refractivity contribution < 1.29 is 18.0 Å². The van der Waals surface area contributed by atoms with Crippen LogP contribution >= 0.6 is 23.2 Å². The van der Waals surface area contributed by atoms with Gasteiger partial charge in [0.1, 0.15) is 6.04 Å². The predicted octanol–water partition coefficient (Wildman–Crippen LogP) is 0.391.